The second-order valence-corrected chi connectivity index (χ2v) is 5.68. The first-order valence-corrected chi connectivity index (χ1v) is 7.83. The molecule has 2 amide bonds. The van der Waals surface area contributed by atoms with Gasteiger partial charge in [-0.15, -0.1) is 0 Å². The van der Waals surface area contributed by atoms with Crippen LogP contribution in [0.2, 0.25) is 0 Å². The summed E-state index contributed by atoms with van der Waals surface area (Å²) in [5, 5.41) is 5.49. The molecule has 0 aliphatic carbocycles. The molecule has 4 nitrogen and oxygen atoms in total. The Balaban J connectivity index is 1.74. The molecular weight excluding hydrogens is 307 g/mol. The molecule has 24 heavy (non-hydrogen) atoms. The number of carbonyl (C=O) groups is 2. The van der Waals surface area contributed by atoms with Crippen LogP contribution in [0.1, 0.15) is 33.5 Å². The van der Waals surface area contributed by atoms with E-state index in [9.17, 15) is 14.0 Å². The molecule has 0 heterocycles. The maximum absolute atomic E-state index is 13.2. The zero-order valence-electron chi connectivity index (χ0n) is 13.9. The van der Waals surface area contributed by atoms with Gasteiger partial charge < -0.3 is 10.6 Å². The maximum Gasteiger partial charge on any atom is 0.251 e. The monoisotopic (exact) mass is 328 g/mol. The van der Waals surface area contributed by atoms with E-state index < -0.39 is 0 Å². The molecule has 2 aromatic rings. The lowest BCUT2D eigenvalue weighted by molar-refractivity contribution is -0.121. The van der Waals surface area contributed by atoms with E-state index in [0.717, 1.165) is 11.1 Å². The summed E-state index contributed by atoms with van der Waals surface area (Å²) >= 11 is 0. The van der Waals surface area contributed by atoms with E-state index in [2.05, 4.69) is 10.6 Å². The van der Waals surface area contributed by atoms with Crippen LogP contribution in [-0.2, 0) is 11.3 Å². The minimum atomic E-state index is -0.260. The van der Waals surface area contributed by atoms with Crippen molar-refractivity contribution in [1.82, 2.24) is 10.6 Å². The van der Waals surface area contributed by atoms with Crippen molar-refractivity contribution < 1.29 is 14.0 Å². The summed E-state index contributed by atoms with van der Waals surface area (Å²) in [6, 6.07) is 12.0. The largest absolute Gasteiger partial charge is 0.352 e. The summed E-state index contributed by atoms with van der Waals surface area (Å²) < 4.78 is 13.2. The zero-order valence-corrected chi connectivity index (χ0v) is 13.9. The van der Waals surface area contributed by atoms with Gasteiger partial charge in [0.2, 0.25) is 5.91 Å². The molecule has 0 aromatic heterocycles. The highest BCUT2D eigenvalue weighted by atomic mass is 19.1. The highest BCUT2D eigenvalue weighted by Gasteiger charge is 2.08. The second kappa shape index (κ2) is 8.24. The Labute approximate surface area is 141 Å². The lowest BCUT2D eigenvalue weighted by Crippen LogP contribution is -2.30. The van der Waals surface area contributed by atoms with Crippen LogP contribution in [0, 0.1) is 19.7 Å². The van der Waals surface area contributed by atoms with Crippen LogP contribution in [0.5, 0.6) is 0 Å². The molecule has 2 rings (SSSR count). The van der Waals surface area contributed by atoms with Gasteiger partial charge in [-0.1, -0.05) is 30.3 Å². The van der Waals surface area contributed by atoms with Crippen LogP contribution >= 0.6 is 0 Å². The van der Waals surface area contributed by atoms with Crippen molar-refractivity contribution in [1.29, 1.82) is 0 Å². The smallest absolute Gasteiger partial charge is 0.251 e. The number of aryl methyl sites for hydroxylation is 2. The van der Waals surface area contributed by atoms with Crippen LogP contribution in [0.4, 0.5) is 4.39 Å². The SMILES string of the molecule is Cc1cc(CNC(=O)CCNC(=O)c2ccccc2C)ccc1F. The number of halogens is 1. The first-order chi connectivity index (χ1) is 11.5. The molecular formula is C19H21FN2O2. The Morgan fingerprint density at radius 1 is 1.00 bits per heavy atom. The highest BCUT2D eigenvalue weighted by molar-refractivity contribution is 5.95. The zero-order chi connectivity index (χ0) is 17.5. The average molecular weight is 328 g/mol. The Morgan fingerprint density at radius 2 is 1.75 bits per heavy atom. The molecule has 0 unspecified atom stereocenters. The van der Waals surface area contributed by atoms with Crippen molar-refractivity contribution in [2.24, 2.45) is 0 Å². The van der Waals surface area contributed by atoms with Gasteiger partial charge in [0.05, 0.1) is 0 Å². The van der Waals surface area contributed by atoms with Crippen LogP contribution in [0.25, 0.3) is 0 Å². The van der Waals surface area contributed by atoms with Gasteiger partial charge in [-0.2, -0.15) is 0 Å². The minimum Gasteiger partial charge on any atom is -0.352 e. The minimum absolute atomic E-state index is 0.165. The van der Waals surface area contributed by atoms with Gasteiger partial charge in [-0.25, -0.2) is 4.39 Å². The van der Waals surface area contributed by atoms with Gasteiger partial charge in [-0.05, 0) is 42.7 Å². The van der Waals surface area contributed by atoms with Crippen molar-refractivity contribution >= 4 is 11.8 Å². The van der Waals surface area contributed by atoms with E-state index >= 15 is 0 Å². The first-order valence-electron chi connectivity index (χ1n) is 7.83. The molecule has 0 bridgehead atoms. The third kappa shape index (κ3) is 4.91. The third-order valence-electron chi connectivity index (χ3n) is 3.74. The summed E-state index contributed by atoms with van der Waals surface area (Å²) in [6.45, 7) is 4.15. The van der Waals surface area contributed by atoms with Gasteiger partial charge in [0.25, 0.3) is 5.91 Å². The molecule has 0 saturated heterocycles. The molecule has 0 fully saturated rings. The van der Waals surface area contributed by atoms with Crippen molar-refractivity contribution in [2.45, 2.75) is 26.8 Å². The summed E-state index contributed by atoms with van der Waals surface area (Å²) in [5.41, 5.74) is 2.89. The number of hydrogen-bond donors (Lipinski definition) is 2. The second-order valence-electron chi connectivity index (χ2n) is 5.68. The first kappa shape index (κ1) is 17.7. The standard InChI is InChI=1S/C19H21FN2O2/c1-13-5-3-4-6-16(13)19(24)21-10-9-18(23)22-12-15-7-8-17(20)14(2)11-15/h3-8,11H,9-10,12H2,1-2H3,(H,21,24)(H,22,23). The fraction of sp³-hybridized carbons (Fsp3) is 0.263. The quantitative estimate of drug-likeness (QED) is 0.857. The average Bonchev–Trinajstić information content (AvgIpc) is 2.56. The van der Waals surface area contributed by atoms with E-state index in [1.165, 1.54) is 6.07 Å². The highest BCUT2D eigenvalue weighted by Crippen LogP contribution is 2.09. The Kier molecular flexibility index (Phi) is 6.07. The normalized spacial score (nSPS) is 10.3. The van der Waals surface area contributed by atoms with Crippen LogP contribution in [0.3, 0.4) is 0 Å². The number of amides is 2. The lowest BCUT2D eigenvalue weighted by atomic mass is 10.1. The topological polar surface area (TPSA) is 58.2 Å². The van der Waals surface area contributed by atoms with Gasteiger partial charge in [-0.3, -0.25) is 9.59 Å². The number of benzene rings is 2. The molecule has 0 atom stereocenters. The van der Waals surface area contributed by atoms with Crippen LogP contribution in [0.15, 0.2) is 42.5 Å². The number of rotatable bonds is 6. The van der Waals surface area contributed by atoms with E-state index in [4.69, 9.17) is 0 Å². The molecule has 0 aliphatic rings. The number of carbonyl (C=O) groups excluding carboxylic acids is 2. The molecule has 0 spiro atoms. The van der Waals surface area contributed by atoms with E-state index in [0.29, 0.717) is 17.7 Å². The number of hydrogen-bond acceptors (Lipinski definition) is 2. The molecule has 2 aromatic carbocycles. The van der Waals surface area contributed by atoms with Crippen LogP contribution < -0.4 is 10.6 Å². The van der Waals surface area contributed by atoms with Crippen molar-refractivity contribution in [3.05, 3.63) is 70.5 Å². The summed E-state index contributed by atoms with van der Waals surface area (Å²) in [7, 11) is 0. The van der Waals surface area contributed by atoms with Crippen molar-refractivity contribution in [3.8, 4) is 0 Å². The van der Waals surface area contributed by atoms with Gasteiger partial charge in [0.15, 0.2) is 0 Å². The number of nitrogens with one attached hydrogen (secondary N) is 2. The Bertz CT molecular complexity index is 744. The van der Waals surface area contributed by atoms with Crippen LogP contribution in [-0.4, -0.2) is 18.4 Å². The Hall–Kier alpha value is -2.69. The summed E-state index contributed by atoms with van der Waals surface area (Å²) in [6.07, 6.45) is 0.192. The molecule has 5 heteroatoms. The van der Waals surface area contributed by atoms with Crippen molar-refractivity contribution in [2.75, 3.05) is 6.54 Å². The maximum atomic E-state index is 13.2. The lowest BCUT2D eigenvalue weighted by Gasteiger charge is -2.09. The molecule has 0 aliphatic heterocycles. The molecule has 2 N–H and O–H groups in total. The Morgan fingerprint density at radius 3 is 2.46 bits per heavy atom. The fourth-order valence-corrected chi connectivity index (χ4v) is 2.32. The predicted octanol–water partition coefficient (Wildman–Crippen LogP) is 2.88. The van der Waals surface area contributed by atoms with E-state index in [1.807, 2.05) is 19.1 Å². The molecule has 0 saturated carbocycles. The van der Waals surface area contributed by atoms with Crippen molar-refractivity contribution in [3.63, 3.8) is 0 Å². The van der Waals surface area contributed by atoms with Gasteiger partial charge >= 0.3 is 0 Å². The van der Waals surface area contributed by atoms with Gasteiger partial charge in [0.1, 0.15) is 5.82 Å². The predicted molar refractivity (Wildman–Crippen MR) is 91.1 cm³/mol. The summed E-state index contributed by atoms with van der Waals surface area (Å²) in [4.78, 5) is 23.8. The molecule has 126 valence electrons. The van der Waals surface area contributed by atoms with E-state index in [1.54, 1.807) is 31.2 Å². The summed E-state index contributed by atoms with van der Waals surface area (Å²) in [5.74, 6) is -0.610. The molecule has 0 radical (unpaired) electrons. The fourth-order valence-electron chi connectivity index (χ4n) is 2.32. The van der Waals surface area contributed by atoms with E-state index in [-0.39, 0.29) is 30.6 Å². The third-order valence-corrected chi connectivity index (χ3v) is 3.74. The van der Waals surface area contributed by atoms with Gasteiger partial charge in [0, 0.05) is 25.1 Å².